The molecule has 3 unspecified atom stereocenters. The van der Waals surface area contributed by atoms with Crippen LogP contribution >= 0.6 is 0 Å². The summed E-state index contributed by atoms with van der Waals surface area (Å²) in [4.78, 5) is 2.32. The largest absolute Gasteiger partial charge is 0.393 e. The summed E-state index contributed by atoms with van der Waals surface area (Å²) in [5.41, 5.74) is 6.08. The predicted molar refractivity (Wildman–Crippen MR) is 59.2 cm³/mol. The average Bonchev–Trinajstić information content (AvgIpc) is 2.15. The predicted octanol–water partition coefficient (Wildman–Crippen LogP) is 0.959. The van der Waals surface area contributed by atoms with Crippen LogP contribution < -0.4 is 5.73 Å². The molecule has 3 atom stereocenters. The monoisotopic (exact) mass is 200 g/mol. The van der Waals surface area contributed by atoms with Crippen LogP contribution in [0.5, 0.6) is 0 Å². The van der Waals surface area contributed by atoms with Crippen LogP contribution in [0.1, 0.15) is 39.0 Å². The minimum absolute atomic E-state index is 0.197. The van der Waals surface area contributed by atoms with E-state index in [-0.39, 0.29) is 6.10 Å². The van der Waals surface area contributed by atoms with Crippen molar-refractivity contribution in [2.24, 2.45) is 5.73 Å². The van der Waals surface area contributed by atoms with Crippen LogP contribution in [-0.4, -0.2) is 41.8 Å². The topological polar surface area (TPSA) is 49.5 Å². The Kier molecular flexibility index (Phi) is 4.85. The molecule has 0 saturated heterocycles. The number of nitrogens with zero attached hydrogens (tertiary/aromatic N) is 1. The lowest BCUT2D eigenvalue weighted by Gasteiger charge is -2.36. The molecule has 0 aliphatic heterocycles. The molecule has 1 fully saturated rings. The average molecular weight is 200 g/mol. The fourth-order valence-electron chi connectivity index (χ4n) is 2.24. The Balaban J connectivity index is 2.30. The molecule has 0 aromatic heterocycles. The number of rotatable bonds is 4. The zero-order valence-electron chi connectivity index (χ0n) is 9.45. The van der Waals surface area contributed by atoms with Gasteiger partial charge in [-0.2, -0.15) is 0 Å². The van der Waals surface area contributed by atoms with Gasteiger partial charge in [-0.1, -0.05) is 12.8 Å². The second-order valence-corrected chi connectivity index (χ2v) is 4.63. The first kappa shape index (κ1) is 12.0. The summed E-state index contributed by atoms with van der Waals surface area (Å²) in [5, 5.41) is 9.21. The van der Waals surface area contributed by atoms with E-state index in [1.165, 1.54) is 19.3 Å². The molecule has 0 aromatic rings. The highest BCUT2D eigenvalue weighted by Gasteiger charge is 2.24. The van der Waals surface area contributed by atoms with Gasteiger partial charge in [-0.3, -0.25) is 0 Å². The second-order valence-electron chi connectivity index (χ2n) is 4.63. The van der Waals surface area contributed by atoms with Crippen molar-refractivity contribution in [2.45, 2.75) is 57.2 Å². The van der Waals surface area contributed by atoms with Gasteiger partial charge in [0.2, 0.25) is 0 Å². The Labute approximate surface area is 87.3 Å². The van der Waals surface area contributed by atoms with Crippen molar-refractivity contribution in [2.75, 3.05) is 13.6 Å². The van der Waals surface area contributed by atoms with Gasteiger partial charge in [0.05, 0.1) is 6.10 Å². The molecular weight excluding hydrogens is 176 g/mol. The summed E-state index contributed by atoms with van der Waals surface area (Å²) in [6, 6.07) is 0.866. The lowest BCUT2D eigenvalue weighted by Crippen LogP contribution is -2.48. The molecule has 84 valence electrons. The van der Waals surface area contributed by atoms with Crippen LogP contribution in [0.3, 0.4) is 0 Å². The molecule has 0 amide bonds. The molecule has 1 aliphatic carbocycles. The summed E-state index contributed by atoms with van der Waals surface area (Å²) in [6.45, 7) is 2.80. The smallest absolute Gasteiger partial charge is 0.0524 e. The fourth-order valence-corrected chi connectivity index (χ4v) is 2.24. The first-order chi connectivity index (χ1) is 6.61. The Bertz CT molecular complexity index is 161. The van der Waals surface area contributed by atoms with Crippen LogP contribution in [0.25, 0.3) is 0 Å². The lowest BCUT2D eigenvalue weighted by molar-refractivity contribution is 0.126. The van der Waals surface area contributed by atoms with E-state index in [2.05, 4.69) is 11.9 Å². The normalized spacial score (nSPS) is 30.6. The van der Waals surface area contributed by atoms with E-state index >= 15 is 0 Å². The molecule has 1 saturated carbocycles. The summed E-state index contributed by atoms with van der Waals surface area (Å²) < 4.78 is 0. The minimum Gasteiger partial charge on any atom is -0.393 e. The zero-order chi connectivity index (χ0) is 10.6. The van der Waals surface area contributed by atoms with Crippen molar-refractivity contribution in [3.05, 3.63) is 0 Å². The molecule has 14 heavy (non-hydrogen) atoms. The minimum atomic E-state index is -0.197. The quantitative estimate of drug-likeness (QED) is 0.710. The molecule has 3 nitrogen and oxygen atoms in total. The van der Waals surface area contributed by atoms with Crippen molar-refractivity contribution in [1.29, 1.82) is 0 Å². The van der Waals surface area contributed by atoms with Crippen molar-refractivity contribution in [3.63, 3.8) is 0 Å². The van der Waals surface area contributed by atoms with Gasteiger partial charge in [-0.15, -0.1) is 0 Å². The standard InChI is InChI=1S/C11H24N2O/c1-9(14)7-8-13(2)11-6-4-3-5-10(11)12/h9-11,14H,3-8,12H2,1-2H3. The van der Waals surface area contributed by atoms with Crippen molar-refractivity contribution in [1.82, 2.24) is 4.90 Å². The highest BCUT2D eigenvalue weighted by Crippen LogP contribution is 2.21. The molecule has 3 N–H and O–H groups in total. The third-order valence-corrected chi connectivity index (χ3v) is 3.25. The molecular formula is C11H24N2O. The van der Waals surface area contributed by atoms with Gasteiger partial charge >= 0.3 is 0 Å². The van der Waals surface area contributed by atoms with E-state index in [1.807, 2.05) is 6.92 Å². The van der Waals surface area contributed by atoms with Crippen molar-refractivity contribution in [3.8, 4) is 0 Å². The first-order valence-electron chi connectivity index (χ1n) is 5.75. The van der Waals surface area contributed by atoms with E-state index in [9.17, 15) is 5.11 Å². The van der Waals surface area contributed by atoms with E-state index in [1.54, 1.807) is 0 Å². The molecule has 0 aromatic carbocycles. The van der Waals surface area contributed by atoms with Gasteiger partial charge in [-0.05, 0) is 33.2 Å². The number of likely N-dealkylation sites (N-methyl/N-ethyl adjacent to an activating group) is 1. The molecule has 0 radical (unpaired) electrons. The summed E-state index contributed by atoms with van der Waals surface area (Å²) >= 11 is 0. The van der Waals surface area contributed by atoms with E-state index in [0.717, 1.165) is 19.4 Å². The zero-order valence-corrected chi connectivity index (χ0v) is 9.45. The van der Waals surface area contributed by atoms with Crippen LogP contribution in [0.4, 0.5) is 0 Å². The fraction of sp³-hybridized carbons (Fsp3) is 1.00. The maximum atomic E-state index is 9.21. The Morgan fingerprint density at radius 3 is 2.64 bits per heavy atom. The third kappa shape index (κ3) is 3.56. The molecule has 1 rings (SSSR count). The van der Waals surface area contributed by atoms with Crippen LogP contribution in [-0.2, 0) is 0 Å². The Hall–Kier alpha value is -0.120. The van der Waals surface area contributed by atoms with Gasteiger partial charge in [0.15, 0.2) is 0 Å². The maximum Gasteiger partial charge on any atom is 0.0524 e. The third-order valence-electron chi connectivity index (χ3n) is 3.25. The van der Waals surface area contributed by atoms with Gasteiger partial charge in [0.25, 0.3) is 0 Å². The van der Waals surface area contributed by atoms with Gasteiger partial charge in [0, 0.05) is 18.6 Å². The first-order valence-corrected chi connectivity index (χ1v) is 5.75. The van der Waals surface area contributed by atoms with Gasteiger partial charge in [-0.25, -0.2) is 0 Å². The maximum absolute atomic E-state index is 9.21. The number of hydrogen-bond donors (Lipinski definition) is 2. The van der Waals surface area contributed by atoms with Gasteiger partial charge in [0.1, 0.15) is 0 Å². The van der Waals surface area contributed by atoms with Crippen LogP contribution in [0.2, 0.25) is 0 Å². The van der Waals surface area contributed by atoms with Crippen molar-refractivity contribution < 1.29 is 5.11 Å². The SMILES string of the molecule is CC(O)CCN(C)C1CCCCC1N. The molecule has 0 heterocycles. The van der Waals surface area contributed by atoms with E-state index < -0.39 is 0 Å². The van der Waals surface area contributed by atoms with Gasteiger partial charge < -0.3 is 15.7 Å². The summed E-state index contributed by atoms with van der Waals surface area (Å²) in [6.07, 6.45) is 5.61. The number of nitrogens with two attached hydrogens (primary N) is 1. The number of hydrogen-bond acceptors (Lipinski definition) is 3. The Morgan fingerprint density at radius 2 is 2.07 bits per heavy atom. The molecule has 3 heteroatoms. The lowest BCUT2D eigenvalue weighted by atomic mass is 9.90. The molecule has 1 aliphatic rings. The molecule has 0 bridgehead atoms. The van der Waals surface area contributed by atoms with Crippen molar-refractivity contribution >= 4 is 0 Å². The van der Waals surface area contributed by atoms with Crippen LogP contribution in [0, 0.1) is 0 Å². The Morgan fingerprint density at radius 1 is 1.43 bits per heavy atom. The summed E-state index contributed by atoms with van der Waals surface area (Å²) in [5.74, 6) is 0. The second kappa shape index (κ2) is 5.69. The van der Waals surface area contributed by atoms with E-state index in [0.29, 0.717) is 12.1 Å². The number of aliphatic hydroxyl groups excluding tert-OH is 1. The number of aliphatic hydroxyl groups is 1. The summed E-state index contributed by atoms with van der Waals surface area (Å²) in [7, 11) is 2.12. The molecule has 0 spiro atoms. The van der Waals surface area contributed by atoms with Crippen LogP contribution in [0.15, 0.2) is 0 Å². The highest BCUT2D eigenvalue weighted by atomic mass is 16.3. The van der Waals surface area contributed by atoms with E-state index in [4.69, 9.17) is 5.73 Å². The highest BCUT2D eigenvalue weighted by molar-refractivity contribution is 4.84.